The van der Waals surface area contributed by atoms with Crippen LogP contribution in [0.1, 0.15) is 68.8 Å². The Hall–Kier alpha value is -4.49. The number of phenolic OH excluding ortho intramolecular Hbond substituents is 2. The van der Waals surface area contributed by atoms with Crippen LogP contribution in [0.4, 0.5) is 4.39 Å². The summed E-state index contributed by atoms with van der Waals surface area (Å²) in [4.78, 5) is 63.7. The largest absolute Gasteiger partial charge is 0.507 e. The van der Waals surface area contributed by atoms with Crippen LogP contribution in [0, 0.1) is 5.82 Å². The first kappa shape index (κ1) is 37.3. The lowest BCUT2D eigenvalue weighted by atomic mass is 9.72. The molecule has 1 fully saturated rings. The summed E-state index contributed by atoms with van der Waals surface area (Å²) in [6, 6.07) is 3.64. The Kier molecular flexibility index (Phi) is 10.8. The summed E-state index contributed by atoms with van der Waals surface area (Å²) in [7, 11) is 1.32. The molecule has 1 aromatic heterocycles. The third kappa shape index (κ3) is 6.61. The van der Waals surface area contributed by atoms with Gasteiger partial charge in [0.2, 0.25) is 11.6 Å². The van der Waals surface area contributed by atoms with E-state index >= 15 is 0 Å². The van der Waals surface area contributed by atoms with Crippen LogP contribution in [-0.2, 0) is 20.7 Å². The summed E-state index contributed by atoms with van der Waals surface area (Å²) in [5.74, 6) is -4.77. The number of aliphatic hydroxyl groups is 3. The lowest BCUT2D eigenvalue weighted by Gasteiger charge is -2.42. The number of hydrogen-bond donors (Lipinski definition) is 8. The maximum Gasteiger partial charge on any atom is 0.325 e. The molecule has 0 saturated carbocycles. The van der Waals surface area contributed by atoms with Gasteiger partial charge in [-0.2, -0.15) is 4.39 Å². The molecule has 0 spiro atoms. The third-order valence-electron chi connectivity index (χ3n) is 8.58. The normalized spacial score (nSPS) is 25.5. The molecule has 0 radical (unpaired) electrons. The minimum atomic E-state index is -2.24. The van der Waals surface area contributed by atoms with E-state index in [9.17, 15) is 53.9 Å². The van der Waals surface area contributed by atoms with Crippen molar-refractivity contribution >= 4 is 29.8 Å². The van der Waals surface area contributed by atoms with E-state index in [0.29, 0.717) is 6.20 Å². The fourth-order valence-electron chi connectivity index (χ4n) is 6.14. The summed E-state index contributed by atoms with van der Waals surface area (Å²) in [6.45, 7) is 0.560. The smallest absolute Gasteiger partial charge is 0.325 e. The van der Waals surface area contributed by atoms with Crippen molar-refractivity contribution < 1.29 is 58.5 Å². The van der Waals surface area contributed by atoms with Crippen LogP contribution in [0.25, 0.3) is 0 Å². The Balaban J connectivity index is 0.000000471. The number of nitrogens with one attached hydrogen (secondary N) is 2. The van der Waals surface area contributed by atoms with Gasteiger partial charge in [-0.1, -0.05) is 12.1 Å². The molecule has 0 bridgehead atoms. The Labute approximate surface area is 281 Å². The molecule has 3 aliphatic rings. The topological polar surface area (TPSA) is 272 Å². The molecule has 2 aliphatic carbocycles. The molecule has 6 rings (SSSR count). The number of carbonyl (C=O) groups excluding carboxylic acids is 3. The number of methoxy groups -OCH3 is 1. The number of phenols is 2. The Morgan fingerprint density at radius 2 is 1.80 bits per heavy atom. The second kappa shape index (κ2) is 14.2. The SMILES string of the molecule is COc1cccc2c1C(=O)c1c(O)c3c(c(O)c1C2=O)C[C@@](O)(C(=O)CO)C[C@@H]3O[C@H]1C[C@H](N)[C@H](O)[C@H](C)O1.Cl.O=c1[nH]cc(F)c(=O)[nH]1. The fraction of sp³-hybridized carbons (Fsp3) is 0.387. The molecule has 3 aromatic rings. The highest BCUT2D eigenvalue weighted by molar-refractivity contribution is 6.31. The predicted octanol–water partition coefficient (Wildman–Crippen LogP) is -0.375. The van der Waals surface area contributed by atoms with E-state index in [0.717, 1.165) is 0 Å². The van der Waals surface area contributed by atoms with Gasteiger partial charge in [-0.3, -0.25) is 24.2 Å². The molecule has 16 nitrogen and oxygen atoms in total. The first-order valence-corrected chi connectivity index (χ1v) is 14.6. The maximum atomic E-state index is 13.6. The van der Waals surface area contributed by atoms with Crippen molar-refractivity contribution in [2.75, 3.05) is 13.7 Å². The fourth-order valence-corrected chi connectivity index (χ4v) is 6.14. The van der Waals surface area contributed by atoms with Crippen molar-refractivity contribution in [3.63, 3.8) is 0 Å². The number of aromatic amines is 2. The first-order valence-electron chi connectivity index (χ1n) is 14.6. The van der Waals surface area contributed by atoms with Crippen molar-refractivity contribution in [1.29, 1.82) is 0 Å². The molecule has 2 aromatic carbocycles. The average molecular weight is 710 g/mol. The first-order chi connectivity index (χ1) is 22.6. The molecule has 1 saturated heterocycles. The van der Waals surface area contributed by atoms with Crippen LogP contribution in [0.5, 0.6) is 17.2 Å². The molecule has 49 heavy (non-hydrogen) atoms. The Morgan fingerprint density at radius 1 is 1.12 bits per heavy atom. The molecule has 0 amide bonds. The molecular weight excluding hydrogens is 677 g/mol. The number of carbonyl (C=O) groups is 3. The number of ketones is 3. The number of aromatic nitrogens is 2. The zero-order valence-electron chi connectivity index (χ0n) is 25.9. The van der Waals surface area contributed by atoms with Gasteiger partial charge in [0.15, 0.2) is 17.9 Å². The number of aromatic hydroxyl groups is 2. The molecule has 2 heterocycles. The van der Waals surface area contributed by atoms with E-state index < -0.39 is 113 Å². The Bertz CT molecular complexity index is 1920. The van der Waals surface area contributed by atoms with Crippen LogP contribution < -0.4 is 21.7 Å². The van der Waals surface area contributed by atoms with E-state index in [1.54, 1.807) is 11.9 Å². The average Bonchev–Trinajstić information content (AvgIpc) is 3.05. The number of ether oxygens (including phenoxy) is 3. The van der Waals surface area contributed by atoms with E-state index in [-0.39, 0.29) is 46.8 Å². The monoisotopic (exact) mass is 709 g/mol. The summed E-state index contributed by atoms with van der Waals surface area (Å²) < 4.78 is 29.0. The van der Waals surface area contributed by atoms with E-state index in [1.807, 2.05) is 4.98 Å². The highest BCUT2D eigenvalue weighted by atomic mass is 35.5. The maximum absolute atomic E-state index is 13.6. The van der Waals surface area contributed by atoms with Gasteiger partial charge in [-0.25, -0.2) is 4.79 Å². The summed E-state index contributed by atoms with van der Waals surface area (Å²) in [5, 5.41) is 53.7. The van der Waals surface area contributed by atoms with Gasteiger partial charge in [-0.05, 0) is 13.0 Å². The van der Waals surface area contributed by atoms with E-state index in [4.69, 9.17) is 19.9 Å². The van der Waals surface area contributed by atoms with Crippen LogP contribution in [-0.4, -0.2) is 96.7 Å². The van der Waals surface area contributed by atoms with Crippen LogP contribution in [0.15, 0.2) is 34.0 Å². The number of H-pyrrole nitrogens is 2. The van der Waals surface area contributed by atoms with Crippen molar-refractivity contribution in [2.45, 2.75) is 62.4 Å². The van der Waals surface area contributed by atoms with Crippen molar-refractivity contribution in [3.8, 4) is 17.2 Å². The quantitative estimate of drug-likeness (QED) is 0.123. The number of halogens is 2. The zero-order chi connectivity index (χ0) is 35.2. The summed E-state index contributed by atoms with van der Waals surface area (Å²) in [5.41, 5.74) is 0.666. The lowest BCUT2D eigenvalue weighted by Crippen LogP contribution is -2.53. The molecular formula is C31H33ClFN3O13. The number of benzene rings is 2. The minimum Gasteiger partial charge on any atom is -0.507 e. The Morgan fingerprint density at radius 3 is 2.39 bits per heavy atom. The van der Waals surface area contributed by atoms with Gasteiger partial charge in [0.1, 0.15) is 29.5 Å². The van der Waals surface area contributed by atoms with Gasteiger partial charge < -0.3 is 50.5 Å². The van der Waals surface area contributed by atoms with Gasteiger partial charge in [0, 0.05) is 48.2 Å². The second-order valence-corrected chi connectivity index (χ2v) is 11.6. The van der Waals surface area contributed by atoms with Crippen LogP contribution >= 0.6 is 12.4 Å². The number of rotatable bonds is 5. The molecule has 0 unspecified atom stereocenters. The van der Waals surface area contributed by atoms with Gasteiger partial charge in [0.05, 0.1) is 42.1 Å². The molecule has 9 N–H and O–H groups in total. The molecule has 18 heteroatoms. The van der Waals surface area contributed by atoms with E-state index in [1.165, 1.54) is 25.3 Å². The molecule has 1 aliphatic heterocycles. The van der Waals surface area contributed by atoms with Crippen molar-refractivity contribution in [2.24, 2.45) is 5.73 Å². The lowest BCUT2D eigenvalue weighted by molar-refractivity contribution is -0.247. The summed E-state index contributed by atoms with van der Waals surface area (Å²) >= 11 is 0. The standard InChI is InChI=1S/C27H29NO11.C4H3FN2O2.ClH/c1-10-22(31)13(28)6-17(38-10)39-15-8-27(36,16(30)9-29)7-12-19(15)26(35)21-20(24(12)33)23(32)11-4-3-5-14(37-2)18(11)25(21)34;5-2-1-6-4(9)7-3(2)8;/h3-5,10,13,15,17,22,29,31,33,35-36H,6-9,28H2,1-2H3;1H,(H2,6,7,8,9);1H/t10-,13-,15-,17-,22+,27-;;/m0../s1. The predicted molar refractivity (Wildman–Crippen MR) is 167 cm³/mol. The molecule has 6 atom stereocenters. The number of hydrogen-bond acceptors (Lipinski definition) is 14. The number of aliphatic hydroxyl groups excluding tert-OH is 2. The summed E-state index contributed by atoms with van der Waals surface area (Å²) in [6.07, 6.45) is -4.41. The van der Waals surface area contributed by atoms with Gasteiger partial charge in [-0.15, -0.1) is 12.4 Å². The second-order valence-electron chi connectivity index (χ2n) is 11.6. The van der Waals surface area contributed by atoms with Gasteiger partial charge >= 0.3 is 5.69 Å². The highest BCUT2D eigenvalue weighted by Gasteiger charge is 2.50. The van der Waals surface area contributed by atoms with Crippen molar-refractivity contribution in [1.82, 2.24) is 9.97 Å². The van der Waals surface area contributed by atoms with E-state index in [2.05, 4.69) is 0 Å². The van der Waals surface area contributed by atoms with Crippen molar-refractivity contribution in [3.05, 3.63) is 84.4 Å². The number of nitrogens with two attached hydrogens (primary N) is 1. The van der Waals surface area contributed by atoms with Crippen LogP contribution in [0.2, 0.25) is 0 Å². The van der Waals surface area contributed by atoms with Gasteiger partial charge in [0.25, 0.3) is 5.56 Å². The number of fused-ring (bicyclic) bond motifs is 3. The molecule has 264 valence electrons. The number of Topliss-reactive ketones (excluding diaryl/α,β-unsaturated/α-hetero) is 1. The third-order valence-corrected chi connectivity index (χ3v) is 8.58. The zero-order valence-corrected chi connectivity index (χ0v) is 26.7. The minimum absolute atomic E-state index is 0. The van der Waals surface area contributed by atoms with Crippen LogP contribution in [0.3, 0.4) is 0 Å². The highest BCUT2D eigenvalue weighted by Crippen LogP contribution is 2.52.